The Morgan fingerprint density at radius 2 is 1.70 bits per heavy atom. The molecule has 0 bridgehead atoms. The Hall–Kier alpha value is -2.42. The normalized spacial score (nSPS) is 11.0. The van der Waals surface area contributed by atoms with Crippen LogP contribution in [0.4, 0.5) is 5.69 Å². The van der Waals surface area contributed by atoms with Crippen molar-refractivity contribution in [3.8, 4) is 0 Å². The predicted molar refractivity (Wildman–Crippen MR) is 94.9 cm³/mol. The van der Waals surface area contributed by atoms with Gasteiger partial charge >= 0.3 is 5.97 Å². The molecule has 0 aromatic heterocycles. The number of rotatable bonds is 8. The Labute approximate surface area is 137 Å². The number of aliphatic imine (C=N–C) groups is 1. The smallest absolute Gasteiger partial charge is 0.335 e. The van der Waals surface area contributed by atoms with Crippen LogP contribution in [-0.2, 0) is 6.42 Å². The summed E-state index contributed by atoms with van der Waals surface area (Å²) in [7, 11) is 0. The van der Waals surface area contributed by atoms with Crippen LogP contribution >= 0.6 is 0 Å². The van der Waals surface area contributed by atoms with E-state index < -0.39 is 5.97 Å². The molecular weight excluding hydrogens is 286 g/mol. The van der Waals surface area contributed by atoms with Crippen LogP contribution in [0.1, 0.15) is 54.1 Å². The molecule has 0 atom stereocenters. The monoisotopic (exact) mass is 309 g/mol. The van der Waals surface area contributed by atoms with Crippen molar-refractivity contribution in [2.75, 3.05) is 0 Å². The molecule has 0 fully saturated rings. The van der Waals surface area contributed by atoms with Gasteiger partial charge in [-0.05, 0) is 48.2 Å². The van der Waals surface area contributed by atoms with Crippen molar-refractivity contribution in [2.45, 2.75) is 39.0 Å². The first kappa shape index (κ1) is 16.9. The standard InChI is InChI=1S/C20H23NO2/c1-2-3-4-5-6-16-9-13-19(14-10-16)21-15-17-7-11-18(12-8-17)20(22)23/h7-15H,2-6H2,1H3,(H,22,23). The van der Waals surface area contributed by atoms with Gasteiger partial charge in [0.2, 0.25) is 0 Å². The molecular formula is C20H23NO2. The van der Waals surface area contributed by atoms with Crippen LogP contribution in [0.3, 0.4) is 0 Å². The molecule has 0 spiro atoms. The molecule has 2 rings (SSSR count). The lowest BCUT2D eigenvalue weighted by molar-refractivity contribution is 0.0697. The van der Waals surface area contributed by atoms with Crippen molar-refractivity contribution in [1.29, 1.82) is 0 Å². The van der Waals surface area contributed by atoms with Gasteiger partial charge in [-0.2, -0.15) is 0 Å². The van der Waals surface area contributed by atoms with E-state index in [1.807, 2.05) is 12.1 Å². The molecule has 0 saturated carbocycles. The molecule has 2 aromatic carbocycles. The summed E-state index contributed by atoms with van der Waals surface area (Å²) >= 11 is 0. The topological polar surface area (TPSA) is 49.7 Å². The van der Waals surface area contributed by atoms with Crippen molar-refractivity contribution < 1.29 is 9.90 Å². The highest BCUT2D eigenvalue weighted by atomic mass is 16.4. The van der Waals surface area contributed by atoms with Crippen LogP contribution in [0, 0.1) is 0 Å². The molecule has 0 amide bonds. The number of benzene rings is 2. The molecule has 120 valence electrons. The maximum absolute atomic E-state index is 10.8. The molecule has 3 nitrogen and oxygen atoms in total. The first-order valence-electron chi connectivity index (χ1n) is 8.15. The van der Waals surface area contributed by atoms with Gasteiger partial charge in [0.25, 0.3) is 0 Å². The third kappa shape index (κ3) is 5.70. The Morgan fingerprint density at radius 3 is 2.30 bits per heavy atom. The Kier molecular flexibility index (Phi) is 6.55. The van der Waals surface area contributed by atoms with Crippen molar-refractivity contribution in [1.82, 2.24) is 0 Å². The van der Waals surface area contributed by atoms with Gasteiger partial charge in [-0.3, -0.25) is 4.99 Å². The van der Waals surface area contributed by atoms with E-state index in [0.29, 0.717) is 0 Å². The zero-order valence-electron chi connectivity index (χ0n) is 13.5. The summed E-state index contributed by atoms with van der Waals surface area (Å²) in [4.78, 5) is 15.2. The summed E-state index contributed by atoms with van der Waals surface area (Å²) in [6, 6.07) is 15.0. The second-order valence-electron chi connectivity index (χ2n) is 5.66. The molecule has 0 heterocycles. The molecule has 2 aromatic rings. The van der Waals surface area contributed by atoms with E-state index >= 15 is 0 Å². The van der Waals surface area contributed by atoms with Gasteiger partial charge in [0.1, 0.15) is 0 Å². The molecule has 0 aliphatic rings. The molecule has 3 heteroatoms. The van der Waals surface area contributed by atoms with E-state index in [9.17, 15) is 4.79 Å². The molecule has 0 unspecified atom stereocenters. The fraction of sp³-hybridized carbons (Fsp3) is 0.300. The second kappa shape index (κ2) is 8.89. The number of unbranched alkanes of at least 4 members (excludes halogenated alkanes) is 3. The van der Waals surface area contributed by atoms with E-state index in [0.717, 1.165) is 17.7 Å². The van der Waals surface area contributed by atoms with Crippen LogP contribution in [0.2, 0.25) is 0 Å². The SMILES string of the molecule is CCCCCCc1ccc(N=Cc2ccc(C(=O)O)cc2)cc1. The van der Waals surface area contributed by atoms with Crippen LogP contribution in [0.5, 0.6) is 0 Å². The number of carboxylic acid groups (broad SMARTS) is 1. The zero-order valence-corrected chi connectivity index (χ0v) is 13.5. The Bertz CT molecular complexity index is 642. The van der Waals surface area contributed by atoms with E-state index in [4.69, 9.17) is 5.11 Å². The first-order valence-corrected chi connectivity index (χ1v) is 8.15. The maximum Gasteiger partial charge on any atom is 0.335 e. The van der Waals surface area contributed by atoms with Gasteiger partial charge in [0.15, 0.2) is 0 Å². The summed E-state index contributed by atoms with van der Waals surface area (Å²) in [5, 5.41) is 8.87. The van der Waals surface area contributed by atoms with Gasteiger partial charge < -0.3 is 5.11 Å². The minimum atomic E-state index is -0.914. The van der Waals surface area contributed by atoms with Crippen molar-refractivity contribution in [2.24, 2.45) is 4.99 Å². The highest BCUT2D eigenvalue weighted by Crippen LogP contribution is 2.15. The van der Waals surface area contributed by atoms with Gasteiger partial charge in [0.05, 0.1) is 11.3 Å². The van der Waals surface area contributed by atoms with Gasteiger partial charge in [-0.25, -0.2) is 4.79 Å². The van der Waals surface area contributed by atoms with Crippen LogP contribution in [0.25, 0.3) is 0 Å². The van der Waals surface area contributed by atoms with Gasteiger partial charge in [-0.1, -0.05) is 50.5 Å². The van der Waals surface area contributed by atoms with E-state index in [-0.39, 0.29) is 5.56 Å². The van der Waals surface area contributed by atoms with Crippen LogP contribution in [-0.4, -0.2) is 17.3 Å². The fourth-order valence-corrected chi connectivity index (χ4v) is 2.37. The predicted octanol–water partition coefficient (Wildman–Crippen LogP) is 5.26. The Morgan fingerprint density at radius 1 is 1.00 bits per heavy atom. The summed E-state index contributed by atoms with van der Waals surface area (Å²) in [5.41, 5.74) is 3.43. The largest absolute Gasteiger partial charge is 0.478 e. The number of aromatic carboxylic acids is 1. The molecule has 0 radical (unpaired) electrons. The number of carboxylic acids is 1. The third-order valence-corrected chi connectivity index (χ3v) is 3.78. The third-order valence-electron chi connectivity index (χ3n) is 3.78. The van der Waals surface area contributed by atoms with E-state index in [2.05, 4.69) is 24.0 Å². The van der Waals surface area contributed by atoms with Gasteiger partial charge in [-0.15, -0.1) is 0 Å². The number of carbonyl (C=O) groups is 1. The number of hydrogen-bond donors (Lipinski definition) is 1. The van der Waals surface area contributed by atoms with Crippen LogP contribution < -0.4 is 0 Å². The molecule has 0 saturated heterocycles. The summed E-state index contributed by atoms with van der Waals surface area (Å²) in [6.07, 6.45) is 7.99. The molecule has 0 aliphatic heterocycles. The maximum atomic E-state index is 10.8. The van der Waals surface area contributed by atoms with E-state index in [1.54, 1.807) is 30.5 Å². The first-order chi connectivity index (χ1) is 11.2. The van der Waals surface area contributed by atoms with Gasteiger partial charge in [0, 0.05) is 6.21 Å². The lowest BCUT2D eigenvalue weighted by Crippen LogP contribution is -1.95. The summed E-state index contributed by atoms with van der Waals surface area (Å²) < 4.78 is 0. The van der Waals surface area contributed by atoms with E-state index in [1.165, 1.54) is 31.2 Å². The van der Waals surface area contributed by atoms with Crippen molar-refractivity contribution in [3.63, 3.8) is 0 Å². The quantitative estimate of drug-likeness (QED) is 0.534. The lowest BCUT2D eigenvalue weighted by atomic mass is 10.1. The fourth-order valence-electron chi connectivity index (χ4n) is 2.37. The molecule has 0 aliphatic carbocycles. The Balaban J connectivity index is 1.90. The highest BCUT2D eigenvalue weighted by molar-refractivity contribution is 5.89. The summed E-state index contributed by atoms with van der Waals surface area (Å²) in [6.45, 7) is 2.22. The second-order valence-corrected chi connectivity index (χ2v) is 5.66. The average Bonchev–Trinajstić information content (AvgIpc) is 2.58. The molecule has 23 heavy (non-hydrogen) atoms. The zero-order chi connectivity index (χ0) is 16.5. The van der Waals surface area contributed by atoms with Crippen molar-refractivity contribution >= 4 is 17.9 Å². The average molecular weight is 309 g/mol. The number of hydrogen-bond acceptors (Lipinski definition) is 2. The minimum Gasteiger partial charge on any atom is -0.478 e. The number of aryl methyl sites for hydroxylation is 1. The number of nitrogens with zero attached hydrogens (tertiary/aromatic N) is 1. The summed E-state index contributed by atoms with van der Waals surface area (Å²) in [5.74, 6) is -0.914. The lowest BCUT2D eigenvalue weighted by Gasteiger charge is -2.02. The van der Waals surface area contributed by atoms with Crippen LogP contribution in [0.15, 0.2) is 53.5 Å². The highest BCUT2D eigenvalue weighted by Gasteiger charge is 2.00. The molecule has 1 N–H and O–H groups in total. The minimum absolute atomic E-state index is 0.287. The van der Waals surface area contributed by atoms with Crippen molar-refractivity contribution in [3.05, 3.63) is 65.2 Å².